The molecule has 0 fully saturated rings. The number of nitrogens with one attached hydrogen (secondary N) is 1. The maximum absolute atomic E-state index is 13.8. The molecule has 1 aliphatic carbocycles. The molecule has 10 heteroatoms. The first-order valence-corrected chi connectivity index (χ1v) is 13.1. The van der Waals surface area contributed by atoms with Crippen LogP contribution in [0.2, 0.25) is 5.02 Å². The van der Waals surface area contributed by atoms with Crippen LogP contribution < -0.4 is 14.8 Å². The number of halogens is 1. The number of esters is 1. The van der Waals surface area contributed by atoms with E-state index in [1.807, 2.05) is 25.1 Å². The molecule has 1 aliphatic heterocycles. The number of ketones is 1. The summed E-state index contributed by atoms with van der Waals surface area (Å²) in [6.07, 6.45) is 2.24. The van der Waals surface area contributed by atoms with Gasteiger partial charge in [-0.1, -0.05) is 37.1 Å². The second-order valence-electron chi connectivity index (χ2n) is 9.59. The van der Waals surface area contributed by atoms with Crippen molar-refractivity contribution in [2.75, 3.05) is 20.8 Å². The molecule has 4 rings (SSSR count). The minimum absolute atomic E-state index is 0.0249. The molecule has 0 saturated carbocycles. The zero-order valence-electron chi connectivity index (χ0n) is 22.3. The largest absolute Gasteiger partial charge is 0.493 e. The van der Waals surface area contributed by atoms with E-state index in [4.69, 9.17) is 25.8 Å². The number of rotatable bonds is 9. The predicted octanol–water partition coefficient (Wildman–Crippen LogP) is 5.97. The van der Waals surface area contributed by atoms with E-state index >= 15 is 0 Å². The number of hydrogen-bond donors (Lipinski definition) is 1. The topological polar surface area (TPSA) is 117 Å². The molecule has 1 heterocycles. The van der Waals surface area contributed by atoms with E-state index in [0.717, 1.165) is 12.0 Å². The highest BCUT2D eigenvalue weighted by atomic mass is 35.5. The van der Waals surface area contributed by atoms with Crippen LogP contribution in [0.25, 0.3) is 0 Å². The van der Waals surface area contributed by atoms with Crippen LogP contribution in [0.4, 0.5) is 5.69 Å². The lowest BCUT2D eigenvalue weighted by Crippen LogP contribution is -2.36. The third kappa shape index (κ3) is 5.63. The molecule has 0 unspecified atom stereocenters. The molecule has 0 radical (unpaired) electrons. The third-order valence-electron chi connectivity index (χ3n) is 7.16. The minimum atomic E-state index is -0.829. The summed E-state index contributed by atoms with van der Waals surface area (Å²) in [5, 5.41) is 14.9. The fraction of sp³-hybridized carbons (Fsp3) is 0.379. The minimum Gasteiger partial charge on any atom is -0.493 e. The van der Waals surface area contributed by atoms with Crippen molar-refractivity contribution in [3.63, 3.8) is 0 Å². The van der Waals surface area contributed by atoms with Gasteiger partial charge in [0.2, 0.25) is 0 Å². The van der Waals surface area contributed by atoms with Crippen LogP contribution >= 0.6 is 11.6 Å². The first-order chi connectivity index (χ1) is 18.7. The number of nitro groups is 1. The zero-order valence-corrected chi connectivity index (χ0v) is 23.1. The summed E-state index contributed by atoms with van der Waals surface area (Å²) in [6, 6.07) is 9.96. The summed E-state index contributed by atoms with van der Waals surface area (Å²) >= 11 is 6.09. The third-order valence-corrected chi connectivity index (χ3v) is 7.48. The molecule has 0 saturated heterocycles. The number of hydrogen-bond acceptors (Lipinski definition) is 8. The second kappa shape index (κ2) is 11.9. The molecule has 0 bridgehead atoms. The van der Waals surface area contributed by atoms with Crippen LogP contribution in [-0.4, -0.2) is 37.5 Å². The Kier molecular flexibility index (Phi) is 8.60. The van der Waals surface area contributed by atoms with Crippen molar-refractivity contribution in [2.45, 2.75) is 51.4 Å². The molecule has 1 N–H and O–H groups in total. The number of allylic oxidation sites excluding steroid dienone is 3. The van der Waals surface area contributed by atoms with Gasteiger partial charge in [0.05, 0.1) is 31.3 Å². The van der Waals surface area contributed by atoms with Gasteiger partial charge >= 0.3 is 5.97 Å². The smallest absolute Gasteiger partial charge is 0.336 e. The van der Waals surface area contributed by atoms with Crippen molar-refractivity contribution in [1.82, 2.24) is 5.32 Å². The number of Topliss-reactive ketones (excluding diaryl/α,β-unsaturated/α-hetero) is 1. The Hall–Kier alpha value is -3.85. The Balaban J connectivity index is 1.79. The molecule has 39 heavy (non-hydrogen) atoms. The van der Waals surface area contributed by atoms with Crippen molar-refractivity contribution in [1.29, 1.82) is 0 Å². The Morgan fingerprint density at radius 1 is 1.10 bits per heavy atom. The van der Waals surface area contributed by atoms with Crippen molar-refractivity contribution in [3.05, 3.63) is 85.2 Å². The van der Waals surface area contributed by atoms with Crippen molar-refractivity contribution < 1.29 is 28.7 Å². The standard InChI is InChI=1S/C29H31ClN2O7/c1-5-6-11-39-29(34)26-16(2)31-21-12-19(17-8-10-24(37-3)25(15-17)38-4)14-23(33)28(21)27(26)18-7-9-20(30)22(13-18)32(35)36/h7-10,13,15,19,27,31H,5-6,11-12,14H2,1-4H3/t19-,27+/m1/s1. The lowest BCUT2D eigenvalue weighted by atomic mass is 9.71. The van der Waals surface area contributed by atoms with Crippen molar-refractivity contribution in [2.24, 2.45) is 0 Å². The maximum Gasteiger partial charge on any atom is 0.336 e. The molecule has 0 aromatic heterocycles. The highest BCUT2D eigenvalue weighted by Gasteiger charge is 2.42. The molecular formula is C29H31ClN2O7. The number of carbonyl (C=O) groups is 2. The van der Waals surface area contributed by atoms with Crippen LogP contribution in [0, 0.1) is 10.1 Å². The van der Waals surface area contributed by atoms with E-state index in [0.29, 0.717) is 46.9 Å². The average molecular weight is 555 g/mol. The van der Waals surface area contributed by atoms with Gasteiger partial charge in [-0.25, -0.2) is 4.79 Å². The van der Waals surface area contributed by atoms with Gasteiger partial charge in [0.15, 0.2) is 17.3 Å². The number of carbonyl (C=O) groups excluding carboxylic acids is 2. The highest BCUT2D eigenvalue weighted by molar-refractivity contribution is 6.32. The van der Waals surface area contributed by atoms with E-state index in [1.54, 1.807) is 27.2 Å². The molecule has 0 spiro atoms. The number of benzene rings is 2. The number of nitro benzene ring substituents is 1. The Morgan fingerprint density at radius 2 is 1.82 bits per heavy atom. The molecule has 0 amide bonds. The molecule has 2 atom stereocenters. The normalized spacial score (nSPS) is 18.8. The van der Waals surface area contributed by atoms with Gasteiger partial charge < -0.3 is 19.5 Å². The van der Waals surface area contributed by atoms with E-state index in [9.17, 15) is 19.7 Å². The Morgan fingerprint density at radius 3 is 2.49 bits per heavy atom. The number of methoxy groups -OCH3 is 2. The Labute approximate surface area is 231 Å². The maximum atomic E-state index is 13.8. The fourth-order valence-electron chi connectivity index (χ4n) is 5.22. The van der Waals surface area contributed by atoms with Gasteiger partial charge in [-0.2, -0.15) is 0 Å². The Bertz CT molecular complexity index is 1380. The SMILES string of the molecule is CCCCOC(=O)C1=C(C)NC2=C(C(=O)C[C@H](c3ccc(OC)c(OC)c3)C2)[C@H]1c1ccc(Cl)c([N+](=O)[O-])c1. The zero-order chi connectivity index (χ0) is 28.3. The van der Waals surface area contributed by atoms with Gasteiger partial charge in [-0.05, 0) is 55.0 Å². The van der Waals surface area contributed by atoms with Crippen LogP contribution in [0.5, 0.6) is 11.5 Å². The van der Waals surface area contributed by atoms with E-state index in [1.165, 1.54) is 12.1 Å². The second-order valence-corrected chi connectivity index (χ2v) is 10.00. The molecule has 2 aliphatic rings. The van der Waals surface area contributed by atoms with Gasteiger partial charge in [0, 0.05) is 35.4 Å². The average Bonchev–Trinajstić information content (AvgIpc) is 2.91. The van der Waals surface area contributed by atoms with E-state index in [2.05, 4.69) is 5.32 Å². The van der Waals surface area contributed by atoms with Crippen LogP contribution in [-0.2, 0) is 14.3 Å². The van der Waals surface area contributed by atoms with Gasteiger partial charge in [-0.3, -0.25) is 14.9 Å². The summed E-state index contributed by atoms with van der Waals surface area (Å²) in [7, 11) is 3.12. The highest BCUT2D eigenvalue weighted by Crippen LogP contribution is 2.47. The summed E-state index contributed by atoms with van der Waals surface area (Å²) in [5.41, 5.74) is 2.95. The molecule has 9 nitrogen and oxygen atoms in total. The summed E-state index contributed by atoms with van der Waals surface area (Å²) in [4.78, 5) is 38.2. The quantitative estimate of drug-likeness (QED) is 0.174. The van der Waals surface area contributed by atoms with Crippen LogP contribution in [0.1, 0.15) is 62.5 Å². The van der Waals surface area contributed by atoms with Gasteiger partial charge in [-0.15, -0.1) is 0 Å². The summed E-state index contributed by atoms with van der Waals surface area (Å²) in [6.45, 7) is 3.98. The molecular weight excluding hydrogens is 524 g/mol. The van der Waals surface area contributed by atoms with E-state index < -0.39 is 16.8 Å². The summed E-state index contributed by atoms with van der Waals surface area (Å²) in [5.74, 6) is -0.526. The monoisotopic (exact) mass is 554 g/mol. The van der Waals surface area contributed by atoms with E-state index in [-0.39, 0.29) is 41.0 Å². The number of ether oxygens (including phenoxy) is 3. The van der Waals surface area contributed by atoms with Crippen LogP contribution in [0.3, 0.4) is 0 Å². The summed E-state index contributed by atoms with van der Waals surface area (Å²) < 4.78 is 16.3. The van der Waals surface area contributed by atoms with Crippen molar-refractivity contribution in [3.8, 4) is 11.5 Å². The molecule has 2 aromatic rings. The van der Waals surface area contributed by atoms with Gasteiger partial charge in [0.1, 0.15) is 5.02 Å². The number of dihydropyridines is 1. The van der Waals surface area contributed by atoms with Gasteiger partial charge in [0.25, 0.3) is 5.69 Å². The van der Waals surface area contributed by atoms with Crippen molar-refractivity contribution >= 4 is 29.0 Å². The first kappa shape index (κ1) is 28.2. The first-order valence-electron chi connectivity index (χ1n) is 12.8. The van der Waals surface area contributed by atoms with Crippen LogP contribution in [0.15, 0.2) is 58.9 Å². The lowest BCUT2D eigenvalue weighted by Gasteiger charge is -2.36. The fourth-order valence-corrected chi connectivity index (χ4v) is 5.41. The molecule has 2 aromatic carbocycles. The number of unbranched alkanes of at least 4 members (excludes halogenated alkanes) is 1. The lowest BCUT2D eigenvalue weighted by molar-refractivity contribution is -0.384. The molecule has 206 valence electrons. The predicted molar refractivity (Wildman–Crippen MR) is 146 cm³/mol. The number of nitrogens with zero attached hydrogens (tertiary/aromatic N) is 1.